The lowest BCUT2D eigenvalue weighted by atomic mass is 10.2. The predicted molar refractivity (Wildman–Crippen MR) is 105 cm³/mol. The summed E-state index contributed by atoms with van der Waals surface area (Å²) in [5, 5.41) is 13.7. The standard InChI is InChI=1S/C18H21ClN6O4/c1-3-23(10-13-6-7-16(19)20-9-13)18-14(25(27)28)11-24(12-22(18)2)21-17(26)15-5-4-8-29-15/h4-9H,3,10-12H2,1-2H3,(H,21,26). The van der Waals surface area contributed by atoms with Gasteiger partial charge in [-0.05, 0) is 30.7 Å². The molecule has 154 valence electrons. The van der Waals surface area contributed by atoms with Crippen molar-refractivity contribution in [3.8, 4) is 0 Å². The molecule has 29 heavy (non-hydrogen) atoms. The fraction of sp³-hybridized carbons (Fsp3) is 0.333. The summed E-state index contributed by atoms with van der Waals surface area (Å²) in [6.45, 7) is 3.14. The van der Waals surface area contributed by atoms with Crippen LogP contribution >= 0.6 is 11.6 Å². The Hall–Kier alpha value is -3.11. The molecule has 0 unspecified atom stereocenters. The highest BCUT2D eigenvalue weighted by Crippen LogP contribution is 2.23. The Bertz CT molecular complexity index is 900. The quantitative estimate of drug-likeness (QED) is 0.412. The number of nitrogens with zero attached hydrogens (tertiary/aromatic N) is 5. The maximum Gasteiger partial charge on any atom is 0.302 e. The lowest BCUT2D eigenvalue weighted by molar-refractivity contribution is -0.434. The van der Waals surface area contributed by atoms with E-state index in [9.17, 15) is 14.9 Å². The highest BCUT2D eigenvalue weighted by Gasteiger charge is 2.34. The van der Waals surface area contributed by atoms with Crippen molar-refractivity contribution >= 4 is 17.5 Å². The third-order valence-electron chi connectivity index (χ3n) is 4.41. The van der Waals surface area contributed by atoms with E-state index < -0.39 is 10.8 Å². The molecule has 0 aromatic carbocycles. The summed E-state index contributed by atoms with van der Waals surface area (Å²) in [5.41, 5.74) is 3.52. The lowest BCUT2D eigenvalue weighted by Gasteiger charge is -2.39. The molecule has 0 fully saturated rings. The first-order valence-electron chi connectivity index (χ1n) is 8.92. The minimum atomic E-state index is -0.464. The average molecular weight is 421 g/mol. The van der Waals surface area contributed by atoms with Gasteiger partial charge in [-0.25, -0.2) is 4.98 Å². The van der Waals surface area contributed by atoms with Gasteiger partial charge in [-0.2, -0.15) is 5.01 Å². The molecular formula is C18H21ClN6O4. The Morgan fingerprint density at radius 3 is 2.83 bits per heavy atom. The number of hydrazine groups is 1. The first kappa shape index (κ1) is 20.6. The monoisotopic (exact) mass is 420 g/mol. The van der Waals surface area contributed by atoms with Crippen molar-refractivity contribution in [2.24, 2.45) is 0 Å². The summed E-state index contributed by atoms with van der Waals surface area (Å²) in [6, 6.07) is 6.65. The second kappa shape index (κ2) is 8.93. The number of amides is 1. The van der Waals surface area contributed by atoms with Crippen LogP contribution in [0.4, 0.5) is 0 Å². The number of rotatable bonds is 7. The summed E-state index contributed by atoms with van der Waals surface area (Å²) in [4.78, 5) is 31.3. The third-order valence-corrected chi connectivity index (χ3v) is 4.64. The predicted octanol–water partition coefficient (Wildman–Crippen LogP) is 2.15. The molecule has 3 heterocycles. The summed E-state index contributed by atoms with van der Waals surface area (Å²) >= 11 is 5.83. The molecule has 1 amide bonds. The molecule has 11 heteroatoms. The van der Waals surface area contributed by atoms with E-state index in [2.05, 4.69) is 10.4 Å². The van der Waals surface area contributed by atoms with Crippen LogP contribution in [0.2, 0.25) is 5.15 Å². The van der Waals surface area contributed by atoms with Crippen molar-refractivity contribution in [3.63, 3.8) is 0 Å². The van der Waals surface area contributed by atoms with E-state index in [-0.39, 0.29) is 24.7 Å². The molecule has 2 aromatic rings. The van der Waals surface area contributed by atoms with Gasteiger partial charge in [0.2, 0.25) is 0 Å². The number of carbonyl (C=O) groups excluding carboxylic acids is 1. The second-order valence-corrected chi connectivity index (χ2v) is 6.87. The highest BCUT2D eigenvalue weighted by molar-refractivity contribution is 6.29. The first-order chi connectivity index (χ1) is 13.9. The van der Waals surface area contributed by atoms with Gasteiger partial charge in [0, 0.05) is 26.3 Å². The van der Waals surface area contributed by atoms with Gasteiger partial charge in [0.1, 0.15) is 11.7 Å². The Kier molecular flexibility index (Phi) is 6.35. The largest absolute Gasteiger partial charge is 0.459 e. The van der Waals surface area contributed by atoms with Crippen molar-refractivity contribution in [3.05, 3.63) is 74.8 Å². The van der Waals surface area contributed by atoms with E-state index in [4.69, 9.17) is 16.0 Å². The van der Waals surface area contributed by atoms with E-state index in [1.54, 1.807) is 30.3 Å². The summed E-state index contributed by atoms with van der Waals surface area (Å²) in [6.07, 6.45) is 3.04. The van der Waals surface area contributed by atoms with Crippen LogP contribution in [0.15, 0.2) is 52.7 Å². The van der Waals surface area contributed by atoms with Crippen LogP contribution in [0.5, 0.6) is 0 Å². The zero-order chi connectivity index (χ0) is 21.0. The molecule has 0 aliphatic carbocycles. The van der Waals surface area contributed by atoms with Crippen LogP contribution in [0, 0.1) is 10.1 Å². The number of hydrogen-bond acceptors (Lipinski definition) is 8. The molecule has 0 bridgehead atoms. The van der Waals surface area contributed by atoms with E-state index in [1.165, 1.54) is 17.3 Å². The number of hydrogen-bond donors (Lipinski definition) is 1. The fourth-order valence-electron chi connectivity index (χ4n) is 3.15. The average Bonchev–Trinajstić information content (AvgIpc) is 3.22. The van der Waals surface area contributed by atoms with Gasteiger partial charge in [-0.3, -0.25) is 20.3 Å². The molecule has 0 spiro atoms. The van der Waals surface area contributed by atoms with Crippen LogP contribution in [0.3, 0.4) is 0 Å². The first-order valence-corrected chi connectivity index (χ1v) is 9.30. The number of nitro groups is 1. The lowest BCUT2D eigenvalue weighted by Crippen LogP contribution is -2.54. The van der Waals surface area contributed by atoms with Gasteiger partial charge in [-0.15, -0.1) is 0 Å². The summed E-state index contributed by atoms with van der Waals surface area (Å²) in [5.74, 6) is 0.167. The molecule has 0 atom stereocenters. The Labute approximate surface area is 172 Å². The van der Waals surface area contributed by atoms with Crippen molar-refractivity contribution in [2.45, 2.75) is 13.5 Å². The molecule has 0 saturated heterocycles. The van der Waals surface area contributed by atoms with Crippen LogP contribution in [-0.2, 0) is 6.54 Å². The van der Waals surface area contributed by atoms with E-state index in [0.29, 0.717) is 24.1 Å². The molecule has 1 aliphatic heterocycles. The smallest absolute Gasteiger partial charge is 0.302 e. The second-order valence-electron chi connectivity index (χ2n) is 6.49. The van der Waals surface area contributed by atoms with Gasteiger partial charge in [-0.1, -0.05) is 17.7 Å². The van der Waals surface area contributed by atoms with E-state index in [1.807, 2.05) is 17.9 Å². The van der Waals surface area contributed by atoms with Crippen molar-refractivity contribution in [1.82, 2.24) is 25.2 Å². The summed E-state index contributed by atoms with van der Waals surface area (Å²) in [7, 11) is 1.74. The molecule has 3 rings (SSSR count). The zero-order valence-corrected chi connectivity index (χ0v) is 16.8. The molecule has 0 saturated carbocycles. The Morgan fingerprint density at radius 2 is 2.24 bits per heavy atom. The summed E-state index contributed by atoms with van der Waals surface area (Å²) < 4.78 is 5.07. The zero-order valence-electron chi connectivity index (χ0n) is 16.0. The van der Waals surface area contributed by atoms with Crippen LogP contribution in [0.1, 0.15) is 23.0 Å². The molecule has 1 aliphatic rings. The molecule has 1 N–H and O–H groups in total. The van der Waals surface area contributed by atoms with Gasteiger partial charge in [0.15, 0.2) is 11.6 Å². The molecule has 10 nitrogen and oxygen atoms in total. The number of pyridine rings is 1. The van der Waals surface area contributed by atoms with E-state index in [0.717, 1.165) is 5.56 Å². The van der Waals surface area contributed by atoms with Crippen molar-refractivity contribution < 1.29 is 14.1 Å². The van der Waals surface area contributed by atoms with E-state index >= 15 is 0 Å². The minimum Gasteiger partial charge on any atom is -0.459 e. The van der Waals surface area contributed by atoms with Crippen LogP contribution in [0.25, 0.3) is 0 Å². The van der Waals surface area contributed by atoms with Gasteiger partial charge < -0.3 is 14.2 Å². The Balaban J connectivity index is 1.81. The van der Waals surface area contributed by atoms with Gasteiger partial charge >= 0.3 is 11.6 Å². The maximum absolute atomic E-state index is 12.2. The van der Waals surface area contributed by atoms with Crippen molar-refractivity contribution in [1.29, 1.82) is 0 Å². The highest BCUT2D eigenvalue weighted by atomic mass is 35.5. The number of nitrogens with one attached hydrogen (secondary N) is 1. The Morgan fingerprint density at radius 1 is 1.45 bits per heavy atom. The normalized spacial score (nSPS) is 14.8. The number of aromatic nitrogens is 1. The topological polar surface area (TPSA) is 108 Å². The van der Waals surface area contributed by atoms with Crippen LogP contribution < -0.4 is 5.43 Å². The molecular weight excluding hydrogens is 400 g/mol. The minimum absolute atomic E-state index is 0.0118. The number of carbonyl (C=O) groups is 1. The van der Waals surface area contributed by atoms with Crippen molar-refractivity contribution in [2.75, 3.05) is 26.8 Å². The maximum atomic E-state index is 12.2. The third kappa shape index (κ3) is 4.84. The molecule has 2 aromatic heterocycles. The molecule has 0 radical (unpaired) electrons. The van der Waals surface area contributed by atoms with Crippen LogP contribution in [-0.4, -0.2) is 57.4 Å². The number of furan rings is 1. The fourth-order valence-corrected chi connectivity index (χ4v) is 3.26. The SMILES string of the molecule is CCN(Cc1ccc(Cl)nc1)C1=C([N+](=O)[O-])CN(NC(=O)c2ccco2)CN1C. The number of halogens is 1. The van der Waals surface area contributed by atoms with Gasteiger partial charge in [0.25, 0.3) is 0 Å². The van der Waals surface area contributed by atoms with Gasteiger partial charge in [0.05, 0.1) is 17.9 Å².